The maximum Gasteiger partial charge on any atom is 0.335 e. The van der Waals surface area contributed by atoms with Crippen LogP contribution in [0.4, 0.5) is 5.95 Å². The second kappa shape index (κ2) is 7.63. The molecule has 4 aromatic rings. The van der Waals surface area contributed by atoms with E-state index in [1.807, 2.05) is 49.4 Å². The maximum absolute atomic E-state index is 11.3. The van der Waals surface area contributed by atoms with Gasteiger partial charge in [-0.15, -0.1) is 0 Å². The number of aromatic nitrogens is 3. The maximum atomic E-state index is 11.3. The van der Waals surface area contributed by atoms with Gasteiger partial charge in [-0.3, -0.25) is 4.98 Å². The molecule has 0 saturated carbocycles. The van der Waals surface area contributed by atoms with Gasteiger partial charge in [0.1, 0.15) is 18.1 Å². The standard InChI is InChI=1S/C22H20N4O3/c1-14-7-10-20(29-13-15-5-3-2-4-6-15)18(24-14)12-26-19-11-16(21(27)28)8-9-17(19)25-22(26)23/h2-11H,12-13H2,1H3,(H2,23,25)(H,27,28). The fourth-order valence-electron chi connectivity index (χ4n) is 3.17. The zero-order valence-corrected chi connectivity index (χ0v) is 15.9. The molecule has 2 heterocycles. The number of nitrogen functional groups attached to an aromatic ring is 1. The van der Waals surface area contributed by atoms with Crippen molar-refractivity contribution in [1.29, 1.82) is 0 Å². The Morgan fingerprint density at radius 3 is 2.66 bits per heavy atom. The largest absolute Gasteiger partial charge is 0.487 e. The van der Waals surface area contributed by atoms with Gasteiger partial charge in [0.05, 0.1) is 23.1 Å². The molecule has 0 saturated heterocycles. The number of nitrogens with two attached hydrogens (primary N) is 1. The first-order valence-electron chi connectivity index (χ1n) is 9.13. The van der Waals surface area contributed by atoms with Gasteiger partial charge in [-0.2, -0.15) is 0 Å². The van der Waals surface area contributed by atoms with E-state index in [0.717, 1.165) is 11.3 Å². The number of benzene rings is 2. The number of ether oxygens (including phenoxy) is 1. The van der Waals surface area contributed by atoms with Crippen LogP contribution in [0.25, 0.3) is 11.0 Å². The van der Waals surface area contributed by atoms with Crippen molar-refractivity contribution in [3.05, 3.63) is 83.2 Å². The molecule has 2 aromatic heterocycles. The molecule has 0 aliphatic carbocycles. The smallest absolute Gasteiger partial charge is 0.335 e. The summed E-state index contributed by atoms with van der Waals surface area (Å²) in [4.78, 5) is 20.3. The van der Waals surface area contributed by atoms with Crippen molar-refractivity contribution in [1.82, 2.24) is 14.5 Å². The first-order valence-corrected chi connectivity index (χ1v) is 9.13. The molecule has 7 nitrogen and oxygen atoms in total. The molecule has 4 rings (SSSR count). The second-order valence-corrected chi connectivity index (χ2v) is 6.74. The molecule has 0 fully saturated rings. The van der Waals surface area contributed by atoms with Crippen molar-refractivity contribution in [3.63, 3.8) is 0 Å². The lowest BCUT2D eigenvalue weighted by atomic mass is 10.2. The van der Waals surface area contributed by atoms with Crippen LogP contribution in [0.3, 0.4) is 0 Å². The van der Waals surface area contributed by atoms with Crippen LogP contribution in [0, 0.1) is 6.92 Å². The molecule has 0 aliphatic heterocycles. The van der Waals surface area contributed by atoms with E-state index in [0.29, 0.717) is 41.6 Å². The van der Waals surface area contributed by atoms with E-state index in [2.05, 4.69) is 9.97 Å². The van der Waals surface area contributed by atoms with Crippen molar-refractivity contribution < 1.29 is 14.6 Å². The van der Waals surface area contributed by atoms with Gasteiger partial charge < -0.3 is 20.1 Å². The molecule has 0 atom stereocenters. The van der Waals surface area contributed by atoms with Gasteiger partial charge in [0.15, 0.2) is 0 Å². The van der Waals surface area contributed by atoms with E-state index in [-0.39, 0.29) is 5.56 Å². The number of pyridine rings is 1. The summed E-state index contributed by atoms with van der Waals surface area (Å²) >= 11 is 0. The molecule has 146 valence electrons. The number of carbonyl (C=O) groups is 1. The molecule has 29 heavy (non-hydrogen) atoms. The molecule has 0 aliphatic rings. The fourth-order valence-corrected chi connectivity index (χ4v) is 3.17. The van der Waals surface area contributed by atoms with Gasteiger partial charge in [0, 0.05) is 5.69 Å². The number of rotatable bonds is 6. The summed E-state index contributed by atoms with van der Waals surface area (Å²) in [5.74, 6) is -0.0614. The van der Waals surface area contributed by atoms with Gasteiger partial charge >= 0.3 is 5.97 Å². The number of aromatic carboxylic acids is 1. The topological polar surface area (TPSA) is 103 Å². The lowest BCUT2D eigenvalue weighted by Gasteiger charge is -2.13. The average Bonchev–Trinajstić information content (AvgIpc) is 3.02. The quantitative estimate of drug-likeness (QED) is 0.523. The summed E-state index contributed by atoms with van der Waals surface area (Å²) in [7, 11) is 0. The van der Waals surface area contributed by atoms with E-state index < -0.39 is 5.97 Å². The third-order valence-electron chi connectivity index (χ3n) is 4.64. The number of imidazole rings is 1. The summed E-state index contributed by atoms with van der Waals surface area (Å²) in [6.45, 7) is 2.64. The molecule has 0 amide bonds. The molecule has 0 radical (unpaired) electrons. The van der Waals surface area contributed by atoms with Crippen LogP contribution in [-0.2, 0) is 13.2 Å². The number of fused-ring (bicyclic) bond motifs is 1. The molecule has 3 N–H and O–H groups in total. The van der Waals surface area contributed by atoms with Crippen molar-refractivity contribution >= 4 is 23.0 Å². The number of hydrogen-bond acceptors (Lipinski definition) is 5. The highest BCUT2D eigenvalue weighted by molar-refractivity contribution is 5.93. The summed E-state index contributed by atoms with van der Waals surface area (Å²) in [5.41, 5.74) is 10.2. The Hall–Kier alpha value is -3.87. The highest BCUT2D eigenvalue weighted by atomic mass is 16.5. The first kappa shape index (κ1) is 18.5. The van der Waals surface area contributed by atoms with E-state index in [9.17, 15) is 9.90 Å². The minimum atomic E-state index is -1.00. The van der Waals surface area contributed by atoms with Gasteiger partial charge in [0.2, 0.25) is 5.95 Å². The minimum absolute atomic E-state index is 0.177. The van der Waals surface area contributed by atoms with Crippen molar-refractivity contribution in [3.8, 4) is 5.75 Å². The Morgan fingerprint density at radius 2 is 1.90 bits per heavy atom. The Morgan fingerprint density at radius 1 is 1.10 bits per heavy atom. The number of anilines is 1. The fraction of sp³-hybridized carbons (Fsp3) is 0.136. The van der Waals surface area contributed by atoms with E-state index in [1.165, 1.54) is 6.07 Å². The van der Waals surface area contributed by atoms with Crippen LogP contribution in [0.15, 0.2) is 60.7 Å². The second-order valence-electron chi connectivity index (χ2n) is 6.74. The monoisotopic (exact) mass is 388 g/mol. The molecule has 7 heteroatoms. The zero-order valence-electron chi connectivity index (χ0n) is 15.9. The Kier molecular flexibility index (Phi) is 4.87. The number of carboxylic acids is 1. The molecule has 0 spiro atoms. The molecular weight excluding hydrogens is 368 g/mol. The average molecular weight is 388 g/mol. The Labute approximate surface area is 167 Å². The lowest BCUT2D eigenvalue weighted by molar-refractivity contribution is 0.0697. The van der Waals surface area contributed by atoms with Crippen LogP contribution in [0.5, 0.6) is 5.75 Å². The van der Waals surface area contributed by atoms with Gasteiger partial charge in [-0.25, -0.2) is 9.78 Å². The summed E-state index contributed by atoms with van der Waals surface area (Å²) in [5, 5.41) is 9.30. The summed E-state index contributed by atoms with van der Waals surface area (Å²) in [6.07, 6.45) is 0. The first-order chi connectivity index (χ1) is 14.0. The highest BCUT2D eigenvalue weighted by Crippen LogP contribution is 2.25. The predicted octanol–water partition coefficient (Wildman–Crippen LogP) is 3.65. The lowest BCUT2D eigenvalue weighted by Crippen LogP contribution is -2.09. The zero-order chi connectivity index (χ0) is 20.4. The van der Waals surface area contributed by atoms with Crippen LogP contribution in [0.1, 0.15) is 27.3 Å². The van der Waals surface area contributed by atoms with Crippen molar-refractivity contribution in [2.24, 2.45) is 0 Å². The minimum Gasteiger partial charge on any atom is -0.487 e. The number of nitrogens with zero attached hydrogens (tertiary/aromatic N) is 3. The van der Waals surface area contributed by atoms with Crippen LogP contribution in [0.2, 0.25) is 0 Å². The number of aryl methyl sites for hydroxylation is 1. The third-order valence-corrected chi connectivity index (χ3v) is 4.64. The third kappa shape index (κ3) is 3.89. The molecule has 2 aromatic carbocycles. The molecular formula is C22H20N4O3. The Balaban J connectivity index is 1.68. The van der Waals surface area contributed by atoms with Crippen LogP contribution < -0.4 is 10.5 Å². The highest BCUT2D eigenvalue weighted by Gasteiger charge is 2.15. The van der Waals surface area contributed by atoms with E-state index in [4.69, 9.17) is 10.5 Å². The summed E-state index contributed by atoms with van der Waals surface area (Å²) < 4.78 is 7.76. The predicted molar refractivity (Wildman–Crippen MR) is 110 cm³/mol. The van der Waals surface area contributed by atoms with E-state index >= 15 is 0 Å². The van der Waals surface area contributed by atoms with Gasteiger partial charge in [-0.1, -0.05) is 30.3 Å². The Bertz CT molecular complexity index is 1190. The normalized spacial score (nSPS) is 10.9. The molecule has 0 bridgehead atoms. The van der Waals surface area contributed by atoms with Gasteiger partial charge in [0.25, 0.3) is 0 Å². The number of carboxylic acid groups (broad SMARTS) is 1. The summed E-state index contributed by atoms with van der Waals surface area (Å²) in [6, 6.07) is 18.4. The van der Waals surface area contributed by atoms with Crippen LogP contribution in [-0.4, -0.2) is 25.6 Å². The van der Waals surface area contributed by atoms with Crippen molar-refractivity contribution in [2.75, 3.05) is 5.73 Å². The van der Waals surface area contributed by atoms with Gasteiger partial charge in [-0.05, 0) is 42.8 Å². The van der Waals surface area contributed by atoms with E-state index in [1.54, 1.807) is 16.7 Å². The van der Waals surface area contributed by atoms with Crippen molar-refractivity contribution in [2.45, 2.75) is 20.1 Å². The number of hydrogen-bond donors (Lipinski definition) is 2. The SMILES string of the molecule is Cc1ccc(OCc2ccccc2)c(Cn2c(N)nc3ccc(C(=O)O)cc32)n1. The van der Waals surface area contributed by atoms with Crippen LogP contribution >= 0.6 is 0 Å². The molecule has 0 unspecified atom stereocenters.